The molecule has 0 saturated heterocycles. The number of nitrogens with zero attached hydrogens (tertiary/aromatic N) is 3. The number of pyridine rings is 1. The molecule has 0 bridgehead atoms. The van der Waals surface area contributed by atoms with Crippen LogP contribution in [-0.4, -0.2) is 32.6 Å². The molecular formula is C11H11N5O4. The van der Waals surface area contributed by atoms with E-state index in [2.05, 4.69) is 20.3 Å². The summed E-state index contributed by atoms with van der Waals surface area (Å²) >= 11 is 0. The van der Waals surface area contributed by atoms with Crippen LogP contribution in [0.2, 0.25) is 0 Å². The molecule has 0 atom stereocenters. The molecule has 2 aromatic rings. The molecule has 20 heavy (non-hydrogen) atoms. The van der Waals surface area contributed by atoms with Crippen LogP contribution in [0, 0.1) is 5.21 Å². The van der Waals surface area contributed by atoms with E-state index >= 15 is 0 Å². The number of nitrogens with one attached hydrogen (secondary N) is 2. The minimum atomic E-state index is -0.657. The summed E-state index contributed by atoms with van der Waals surface area (Å²) in [6, 6.07) is 1.19. The maximum Gasteiger partial charge on any atom is 0.343 e. The number of azo groups is 1. The normalized spacial score (nSPS) is 11.3. The molecule has 2 N–H and O–H groups in total. The van der Waals surface area contributed by atoms with E-state index < -0.39 is 11.4 Å². The average Bonchev–Trinajstić information content (AvgIpc) is 2.87. The zero-order chi connectivity index (χ0) is 14.5. The zero-order valence-electron chi connectivity index (χ0n) is 10.5. The van der Waals surface area contributed by atoms with Crippen LogP contribution in [0.5, 0.6) is 0 Å². The summed E-state index contributed by atoms with van der Waals surface area (Å²) in [5.41, 5.74) is -0.698. The van der Waals surface area contributed by atoms with Crippen molar-refractivity contribution in [2.75, 3.05) is 6.61 Å². The van der Waals surface area contributed by atoms with Crippen molar-refractivity contribution in [3.8, 4) is 0 Å². The van der Waals surface area contributed by atoms with Gasteiger partial charge in [0.1, 0.15) is 5.56 Å². The Kier molecular flexibility index (Phi) is 3.89. The Morgan fingerprint density at radius 2 is 2.40 bits per heavy atom. The first-order chi connectivity index (χ1) is 9.63. The van der Waals surface area contributed by atoms with Gasteiger partial charge in [-0.2, -0.15) is 5.10 Å². The van der Waals surface area contributed by atoms with Gasteiger partial charge in [-0.3, -0.25) is 9.89 Å². The predicted octanol–water partition coefficient (Wildman–Crippen LogP) is 1.20. The lowest BCUT2D eigenvalue weighted by molar-refractivity contribution is -0.437. The first kappa shape index (κ1) is 13.5. The van der Waals surface area contributed by atoms with Crippen LogP contribution in [0.4, 0.5) is 11.5 Å². The molecule has 0 amide bonds. The van der Waals surface area contributed by atoms with Crippen molar-refractivity contribution in [2.45, 2.75) is 6.92 Å². The van der Waals surface area contributed by atoms with Gasteiger partial charge in [-0.1, -0.05) is 0 Å². The number of carbonyl (C=O) groups excluding carboxylic acids is 1. The minimum Gasteiger partial charge on any atom is -0.594 e. The van der Waals surface area contributed by atoms with Gasteiger partial charge in [-0.05, 0) is 11.8 Å². The fraction of sp³-hybridized carbons (Fsp3) is 0.182. The van der Waals surface area contributed by atoms with Crippen LogP contribution < -0.4 is 5.43 Å². The fourth-order valence-electron chi connectivity index (χ4n) is 1.42. The fourth-order valence-corrected chi connectivity index (χ4v) is 1.42. The number of hydrogen-bond acceptors (Lipinski definition) is 6. The van der Waals surface area contributed by atoms with Gasteiger partial charge in [0.05, 0.1) is 19.0 Å². The summed E-state index contributed by atoms with van der Waals surface area (Å²) in [6.07, 6.45) is 3.79. The van der Waals surface area contributed by atoms with Gasteiger partial charge in [0.25, 0.3) is 5.43 Å². The second-order valence-corrected chi connectivity index (χ2v) is 3.62. The average molecular weight is 277 g/mol. The zero-order valence-corrected chi connectivity index (χ0v) is 10.5. The Bertz CT molecular complexity index is 703. The second kappa shape index (κ2) is 5.78. The summed E-state index contributed by atoms with van der Waals surface area (Å²) in [5, 5.41) is 21.4. The topological polar surface area (TPSA) is 126 Å². The lowest BCUT2D eigenvalue weighted by atomic mass is 10.3. The van der Waals surface area contributed by atoms with E-state index in [0.717, 1.165) is 0 Å². The smallest absolute Gasteiger partial charge is 0.343 e. The minimum absolute atomic E-state index is 0.0139. The standard InChI is InChI=1S/C11H11N5O4/c1-2-20-11(18)7-5-13-14-10(7)15-16(19)8-6-12-4-3-9(8)17/h3-6H,2H2,1H3,(H,12,17)(H,13,14)/b16-15+. The summed E-state index contributed by atoms with van der Waals surface area (Å²) in [5.74, 6) is -0.739. The van der Waals surface area contributed by atoms with Crippen molar-refractivity contribution in [1.29, 1.82) is 0 Å². The number of H-pyrrole nitrogens is 2. The lowest BCUT2D eigenvalue weighted by Gasteiger charge is -2.00. The van der Waals surface area contributed by atoms with Crippen LogP contribution in [0.1, 0.15) is 17.3 Å². The Balaban J connectivity index is 2.37. The van der Waals surface area contributed by atoms with E-state index in [0.29, 0.717) is 0 Å². The van der Waals surface area contributed by atoms with Gasteiger partial charge >= 0.3 is 11.7 Å². The molecule has 0 fully saturated rings. The van der Waals surface area contributed by atoms with Gasteiger partial charge in [0.15, 0.2) is 0 Å². The molecular weight excluding hydrogens is 266 g/mol. The number of ether oxygens (including phenoxy) is 1. The third kappa shape index (κ3) is 2.71. The molecule has 0 aromatic carbocycles. The van der Waals surface area contributed by atoms with E-state index in [4.69, 9.17) is 4.74 Å². The molecule has 2 rings (SSSR count). The molecule has 0 unspecified atom stereocenters. The Morgan fingerprint density at radius 1 is 1.60 bits per heavy atom. The molecule has 2 aromatic heterocycles. The largest absolute Gasteiger partial charge is 0.594 e. The van der Waals surface area contributed by atoms with Crippen LogP contribution in [0.15, 0.2) is 34.6 Å². The van der Waals surface area contributed by atoms with Gasteiger partial charge < -0.3 is 14.9 Å². The van der Waals surface area contributed by atoms with Crippen molar-refractivity contribution in [3.63, 3.8) is 0 Å². The Morgan fingerprint density at radius 3 is 3.10 bits per heavy atom. The molecule has 0 radical (unpaired) electrons. The molecule has 0 aliphatic rings. The molecule has 0 aliphatic carbocycles. The third-order valence-corrected chi connectivity index (χ3v) is 2.31. The SMILES string of the molecule is CCOC(=O)c1cn[nH]c1/N=[N+](/[O-])c1c[nH]ccc1=O. The quantitative estimate of drug-likeness (QED) is 0.376. The maximum absolute atomic E-state index is 11.8. The highest BCUT2D eigenvalue weighted by molar-refractivity contribution is 5.93. The highest BCUT2D eigenvalue weighted by Gasteiger charge is 2.18. The molecule has 9 heteroatoms. The van der Waals surface area contributed by atoms with Crippen LogP contribution in [-0.2, 0) is 4.74 Å². The number of esters is 1. The Hall–Kier alpha value is -2.97. The first-order valence-corrected chi connectivity index (χ1v) is 5.70. The number of hydrogen-bond donors (Lipinski definition) is 2. The van der Waals surface area contributed by atoms with E-state index in [-0.39, 0.29) is 28.5 Å². The van der Waals surface area contributed by atoms with Gasteiger partial charge in [-0.15, -0.1) is 0 Å². The van der Waals surface area contributed by atoms with E-state index in [1.807, 2.05) is 0 Å². The molecule has 0 aliphatic heterocycles. The highest BCUT2D eigenvalue weighted by atomic mass is 16.5. The monoisotopic (exact) mass is 277 g/mol. The number of aromatic nitrogens is 3. The van der Waals surface area contributed by atoms with Crippen molar-refractivity contribution in [1.82, 2.24) is 15.2 Å². The van der Waals surface area contributed by atoms with Gasteiger partial charge in [0.2, 0.25) is 5.82 Å². The van der Waals surface area contributed by atoms with E-state index in [1.165, 1.54) is 24.7 Å². The summed E-state index contributed by atoms with van der Waals surface area (Å²) < 4.78 is 4.79. The van der Waals surface area contributed by atoms with Crippen LogP contribution >= 0.6 is 0 Å². The second-order valence-electron chi connectivity index (χ2n) is 3.62. The van der Waals surface area contributed by atoms with E-state index in [1.54, 1.807) is 6.92 Å². The van der Waals surface area contributed by atoms with Crippen molar-refractivity contribution >= 4 is 17.5 Å². The maximum atomic E-state index is 11.8. The molecule has 2 heterocycles. The van der Waals surface area contributed by atoms with Crippen LogP contribution in [0.3, 0.4) is 0 Å². The Labute approximate surface area is 112 Å². The molecule has 0 spiro atoms. The summed E-state index contributed by atoms with van der Waals surface area (Å²) in [6.45, 7) is 1.83. The third-order valence-electron chi connectivity index (χ3n) is 2.31. The van der Waals surface area contributed by atoms with Gasteiger partial charge in [0, 0.05) is 17.4 Å². The summed E-state index contributed by atoms with van der Waals surface area (Å²) in [4.78, 5) is 25.8. The first-order valence-electron chi connectivity index (χ1n) is 5.70. The number of aromatic amines is 2. The van der Waals surface area contributed by atoms with Crippen molar-refractivity contribution in [3.05, 3.63) is 45.7 Å². The predicted molar refractivity (Wildman–Crippen MR) is 67.0 cm³/mol. The van der Waals surface area contributed by atoms with Crippen LogP contribution in [0.25, 0.3) is 0 Å². The van der Waals surface area contributed by atoms with Gasteiger partial charge in [-0.25, -0.2) is 4.79 Å². The van der Waals surface area contributed by atoms with Crippen molar-refractivity contribution in [2.24, 2.45) is 5.11 Å². The van der Waals surface area contributed by atoms with E-state index in [9.17, 15) is 14.8 Å². The molecule has 0 saturated carbocycles. The number of rotatable bonds is 4. The van der Waals surface area contributed by atoms with Crippen molar-refractivity contribution < 1.29 is 14.4 Å². The number of carbonyl (C=O) groups is 1. The molecule has 104 valence electrons. The lowest BCUT2D eigenvalue weighted by Crippen LogP contribution is -2.08. The molecule has 9 nitrogen and oxygen atoms in total. The highest BCUT2D eigenvalue weighted by Crippen LogP contribution is 2.18. The summed E-state index contributed by atoms with van der Waals surface area (Å²) in [7, 11) is 0.